The molecule has 6 nitrogen and oxygen atoms in total. The quantitative estimate of drug-likeness (QED) is 0.193. The molecule has 1 saturated heterocycles. The van der Waals surface area contributed by atoms with Gasteiger partial charge in [-0.25, -0.2) is 0 Å². The molecule has 2 aliphatic rings. The number of amides is 1. The van der Waals surface area contributed by atoms with Crippen LogP contribution in [0, 0.1) is 0 Å². The minimum atomic E-state index is -1.31. The lowest BCUT2D eigenvalue weighted by atomic mass is 9.64. The fourth-order valence-corrected chi connectivity index (χ4v) is 7.83. The number of halogens is 2. The summed E-state index contributed by atoms with van der Waals surface area (Å²) < 4.78 is 0. The summed E-state index contributed by atoms with van der Waals surface area (Å²) in [6.07, 6.45) is 0.0896. The number of carbonyl (C=O) groups is 2. The lowest BCUT2D eigenvalue weighted by Gasteiger charge is -2.41. The maximum absolute atomic E-state index is 14.6. The van der Waals surface area contributed by atoms with Crippen LogP contribution in [0.5, 0.6) is 0 Å². The van der Waals surface area contributed by atoms with Crippen LogP contribution < -0.4 is 5.32 Å². The lowest BCUT2D eigenvalue weighted by molar-refractivity contribution is -0.145. The van der Waals surface area contributed by atoms with E-state index >= 15 is 0 Å². The number of carboxylic acids is 1. The average Bonchev–Trinajstić information content (AvgIpc) is 3.46. The van der Waals surface area contributed by atoms with Crippen LogP contribution in [0.4, 0.5) is 5.69 Å². The number of aliphatic hydroxyl groups is 1. The van der Waals surface area contributed by atoms with Crippen molar-refractivity contribution in [2.75, 3.05) is 5.32 Å². The molecule has 6 rings (SSSR count). The highest BCUT2D eigenvalue weighted by Crippen LogP contribution is 2.61. The highest BCUT2D eigenvalue weighted by atomic mass is 35.5. The lowest BCUT2D eigenvalue weighted by Crippen LogP contribution is -2.51. The second-order valence-electron chi connectivity index (χ2n) is 11.3. The van der Waals surface area contributed by atoms with Crippen LogP contribution in [0.1, 0.15) is 60.1 Å². The molecular formula is C35H32Cl2N2O4. The van der Waals surface area contributed by atoms with E-state index in [1.54, 1.807) is 30.3 Å². The van der Waals surface area contributed by atoms with Gasteiger partial charge in [-0.2, -0.15) is 0 Å². The molecule has 0 aromatic heterocycles. The SMILES string of the molecule is CCCC1N(C(c2ccccc2)C(O)c2ccccc2)C(C(=O)O)C(c2cccc(Cl)c2)C12C(=O)Nc1cc(Cl)ccc12. The van der Waals surface area contributed by atoms with Gasteiger partial charge in [0.25, 0.3) is 0 Å². The number of aliphatic hydroxyl groups excluding tert-OH is 1. The molecule has 0 saturated carbocycles. The summed E-state index contributed by atoms with van der Waals surface area (Å²) in [5, 5.41) is 27.2. The summed E-state index contributed by atoms with van der Waals surface area (Å²) >= 11 is 12.9. The van der Waals surface area contributed by atoms with Crippen LogP contribution in [0.25, 0.3) is 0 Å². The smallest absolute Gasteiger partial charge is 0.321 e. The minimum Gasteiger partial charge on any atom is -0.480 e. The first-order chi connectivity index (χ1) is 20.8. The number of anilines is 1. The molecular weight excluding hydrogens is 583 g/mol. The maximum Gasteiger partial charge on any atom is 0.321 e. The van der Waals surface area contributed by atoms with Gasteiger partial charge in [0.1, 0.15) is 11.5 Å². The number of nitrogens with zero attached hydrogens (tertiary/aromatic N) is 1. The Bertz CT molecular complexity index is 1650. The van der Waals surface area contributed by atoms with Crippen LogP contribution in [0.2, 0.25) is 10.0 Å². The summed E-state index contributed by atoms with van der Waals surface area (Å²) in [5.74, 6) is -2.21. The summed E-state index contributed by atoms with van der Waals surface area (Å²) in [5.41, 5.74) is 1.99. The van der Waals surface area contributed by atoms with Crippen molar-refractivity contribution in [2.45, 2.75) is 55.3 Å². The van der Waals surface area contributed by atoms with Gasteiger partial charge in [0.05, 0.1) is 12.1 Å². The van der Waals surface area contributed by atoms with Crippen molar-refractivity contribution >= 4 is 40.8 Å². The Labute approximate surface area is 260 Å². The van der Waals surface area contributed by atoms with Crippen molar-refractivity contribution < 1.29 is 19.8 Å². The van der Waals surface area contributed by atoms with Crippen LogP contribution in [0.15, 0.2) is 103 Å². The molecule has 4 aromatic carbocycles. The van der Waals surface area contributed by atoms with Gasteiger partial charge in [0.15, 0.2) is 0 Å². The Balaban J connectivity index is 1.68. The molecule has 0 radical (unpaired) electrons. The molecule has 0 aliphatic carbocycles. The highest BCUT2D eigenvalue weighted by molar-refractivity contribution is 6.31. The number of aliphatic carboxylic acids is 1. The maximum atomic E-state index is 14.6. The molecule has 0 bridgehead atoms. The largest absolute Gasteiger partial charge is 0.480 e. The van der Waals surface area contributed by atoms with Crippen LogP contribution in [-0.4, -0.2) is 39.1 Å². The first kappa shape index (κ1) is 29.4. The van der Waals surface area contributed by atoms with Gasteiger partial charge in [0.2, 0.25) is 5.91 Å². The summed E-state index contributed by atoms with van der Waals surface area (Å²) in [7, 11) is 0. The van der Waals surface area contributed by atoms with Gasteiger partial charge in [-0.1, -0.05) is 115 Å². The predicted molar refractivity (Wildman–Crippen MR) is 168 cm³/mol. The molecule has 2 aliphatic heterocycles. The zero-order chi connectivity index (χ0) is 30.3. The molecule has 6 atom stereocenters. The van der Waals surface area contributed by atoms with Crippen molar-refractivity contribution in [3.63, 3.8) is 0 Å². The summed E-state index contributed by atoms with van der Waals surface area (Å²) in [6, 6.07) is 28.5. The van der Waals surface area contributed by atoms with Gasteiger partial charge in [-0.05, 0) is 52.9 Å². The third-order valence-electron chi connectivity index (χ3n) is 8.99. The van der Waals surface area contributed by atoms with Crippen molar-refractivity contribution in [1.29, 1.82) is 0 Å². The van der Waals surface area contributed by atoms with Crippen LogP contribution >= 0.6 is 23.2 Å². The topological polar surface area (TPSA) is 89.9 Å². The molecule has 220 valence electrons. The van der Waals surface area contributed by atoms with Crippen LogP contribution in [-0.2, 0) is 15.0 Å². The number of nitrogens with one attached hydrogen (secondary N) is 1. The first-order valence-corrected chi connectivity index (χ1v) is 15.2. The number of hydrogen-bond acceptors (Lipinski definition) is 4. The van der Waals surface area contributed by atoms with Crippen molar-refractivity contribution in [1.82, 2.24) is 4.90 Å². The molecule has 1 spiro atoms. The molecule has 8 heteroatoms. The first-order valence-electron chi connectivity index (χ1n) is 14.4. The molecule has 3 N–H and O–H groups in total. The normalized spacial score (nSPS) is 24.5. The third-order valence-corrected chi connectivity index (χ3v) is 9.46. The number of hydrogen-bond donors (Lipinski definition) is 3. The standard InChI is InChI=1S/C35H32Cl2N2O4/c1-2-10-28-35(26-18-17-25(37)20-27(26)38-34(35)43)29(23-15-9-16-24(36)19-23)31(33(41)42)39(28)30(21-11-5-3-6-12-21)32(40)22-13-7-4-8-14-22/h3-9,11-20,28-32,40H,2,10H2,1H3,(H,38,43)(H,41,42). The summed E-state index contributed by atoms with van der Waals surface area (Å²) in [6.45, 7) is 2.02. The van der Waals surface area contributed by atoms with Crippen LogP contribution in [0.3, 0.4) is 0 Å². The Morgan fingerprint density at radius 1 is 0.907 bits per heavy atom. The van der Waals surface area contributed by atoms with E-state index in [9.17, 15) is 19.8 Å². The number of carbonyl (C=O) groups excluding carboxylic acids is 1. The van der Waals surface area contributed by atoms with Gasteiger partial charge < -0.3 is 15.5 Å². The molecule has 6 unspecified atom stereocenters. The van der Waals surface area contributed by atoms with E-state index in [0.29, 0.717) is 45.3 Å². The Morgan fingerprint density at radius 3 is 2.19 bits per heavy atom. The monoisotopic (exact) mass is 614 g/mol. The van der Waals surface area contributed by atoms with Gasteiger partial charge in [-0.15, -0.1) is 0 Å². The Hall–Kier alpha value is -3.68. The third kappa shape index (κ3) is 4.83. The fraction of sp³-hybridized carbons (Fsp3) is 0.257. The van der Waals surface area contributed by atoms with E-state index in [1.807, 2.05) is 84.6 Å². The Morgan fingerprint density at radius 2 is 1.56 bits per heavy atom. The Kier molecular flexibility index (Phi) is 8.05. The number of fused-ring (bicyclic) bond motifs is 2. The number of likely N-dealkylation sites (tertiary alicyclic amines) is 1. The van der Waals surface area contributed by atoms with Gasteiger partial charge in [0, 0.05) is 27.7 Å². The van der Waals surface area contributed by atoms with Gasteiger partial charge in [-0.3, -0.25) is 14.5 Å². The minimum absolute atomic E-state index is 0.289. The average molecular weight is 616 g/mol. The van der Waals surface area contributed by atoms with Crippen molar-refractivity contribution in [3.8, 4) is 0 Å². The van der Waals surface area contributed by atoms with E-state index in [2.05, 4.69) is 5.32 Å². The molecule has 4 aromatic rings. The van der Waals surface area contributed by atoms with Crippen molar-refractivity contribution in [2.24, 2.45) is 0 Å². The highest BCUT2D eigenvalue weighted by Gasteiger charge is 2.69. The van der Waals surface area contributed by atoms with Gasteiger partial charge >= 0.3 is 5.97 Å². The molecule has 1 amide bonds. The fourth-order valence-electron chi connectivity index (χ4n) is 7.46. The number of benzene rings is 4. The van der Waals surface area contributed by atoms with E-state index in [1.165, 1.54) is 0 Å². The second-order valence-corrected chi connectivity index (χ2v) is 12.2. The van der Waals surface area contributed by atoms with Crippen molar-refractivity contribution in [3.05, 3.63) is 135 Å². The summed E-state index contributed by atoms with van der Waals surface area (Å²) in [4.78, 5) is 30.1. The molecule has 2 heterocycles. The number of carboxylic acid groups (broad SMARTS) is 1. The van der Waals surface area contributed by atoms with E-state index < -0.39 is 41.5 Å². The molecule has 43 heavy (non-hydrogen) atoms. The van der Waals surface area contributed by atoms with E-state index in [0.717, 1.165) is 5.56 Å². The zero-order valence-corrected chi connectivity index (χ0v) is 25.0. The zero-order valence-electron chi connectivity index (χ0n) is 23.5. The van der Waals surface area contributed by atoms with E-state index in [-0.39, 0.29) is 5.91 Å². The number of rotatable bonds is 8. The second kappa shape index (κ2) is 11.8. The molecule has 1 fully saturated rings. The van der Waals surface area contributed by atoms with E-state index in [4.69, 9.17) is 23.2 Å². The predicted octanol–water partition coefficient (Wildman–Crippen LogP) is 7.38.